The highest BCUT2D eigenvalue weighted by molar-refractivity contribution is 6.00. The molecule has 0 N–H and O–H groups in total. The number of carbonyl (C=O) groups excluding carboxylic acids is 3. The van der Waals surface area contributed by atoms with Crippen molar-refractivity contribution in [2.45, 2.75) is 64.3 Å². The number of fused-ring (bicyclic) bond motifs is 1. The number of alkyl halides is 3. The van der Waals surface area contributed by atoms with Crippen LogP contribution in [0.4, 0.5) is 13.2 Å². The van der Waals surface area contributed by atoms with Crippen molar-refractivity contribution in [3.8, 4) is 0 Å². The number of hydrogen-bond donors (Lipinski definition) is 0. The quantitative estimate of drug-likeness (QED) is 0.415. The first-order valence-electron chi connectivity index (χ1n) is 9.21. The minimum absolute atomic E-state index is 0.0233. The number of ether oxygens (including phenoxy) is 1. The maximum atomic E-state index is 12.7. The molecule has 154 valence electrons. The second kappa shape index (κ2) is 6.93. The van der Waals surface area contributed by atoms with Crippen molar-refractivity contribution >= 4 is 17.8 Å². The molecule has 0 bridgehead atoms. The van der Waals surface area contributed by atoms with E-state index in [2.05, 4.69) is 0 Å². The topological polar surface area (TPSA) is 66.9 Å². The van der Waals surface area contributed by atoms with Crippen molar-refractivity contribution in [1.82, 2.24) is 9.80 Å². The Bertz CT molecular complexity index is 777. The molecule has 1 unspecified atom stereocenters. The summed E-state index contributed by atoms with van der Waals surface area (Å²) in [6, 6.07) is -0.0711. The SMILES string of the molecule is CC(C)(C)OC(=O)C1=C(C=C2CCN(CC(F)(F)F)C2=O)CCC2CC(=O)N12. The van der Waals surface area contributed by atoms with Gasteiger partial charge < -0.3 is 14.5 Å². The van der Waals surface area contributed by atoms with Gasteiger partial charge in [0.05, 0.1) is 0 Å². The van der Waals surface area contributed by atoms with Crippen molar-refractivity contribution < 1.29 is 32.3 Å². The number of hydrogen-bond acceptors (Lipinski definition) is 4. The second-order valence-electron chi connectivity index (χ2n) is 8.30. The van der Waals surface area contributed by atoms with E-state index in [-0.39, 0.29) is 36.2 Å². The van der Waals surface area contributed by atoms with Gasteiger partial charge in [-0.25, -0.2) is 4.79 Å². The fourth-order valence-corrected chi connectivity index (χ4v) is 3.69. The predicted octanol–water partition coefficient (Wildman–Crippen LogP) is 2.70. The lowest BCUT2D eigenvalue weighted by Crippen LogP contribution is -2.55. The molecule has 3 aliphatic rings. The van der Waals surface area contributed by atoms with Gasteiger partial charge >= 0.3 is 12.1 Å². The lowest BCUT2D eigenvalue weighted by atomic mass is 9.86. The van der Waals surface area contributed by atoms with E-state index in [1.165, 1.54) is 11.0 Å². The van der Waals surface area contributed by atoms with E-state index in [4.69, 9.17) is 4.74 Å². The summed E-state index contributed by atoms with van der Waals surface area (Å²) in [5.74, 6) is -1.54. The van der Waals surface area contributed by atoms with E-state index in [0.717, 1.165) is 4.90 Å². The molecule has 0 aromatic carbocycles. The van der Waals surface area contributed by atoms with E-state index in [1.807, 2.05) is 0 Å². The first-order chi connectivity index (χ1) is 12.9. The number of amides is 2. The molecule has 2 saturated heterocycles. The van der Waals surface area contributed by atoms with Crippen molar-refractivity contribution in [3.05, 3.63) is 22.9 Å². The van der Waals surface area contributed by atoms with Crippen LogP contribution in [0.15, 0.2) is 22.9 Å². The Labute approximate surface area is 161 Å². The van der Waals surface area contributed by atoms with Crippen LogP contribution in [0, 0.1) is 0 Å². The third-order valence-corrected chi connectivity index (χ3v) is 4.86. The molecule has 0 radical (unpaired) electrons. The van der Waals surface area contributed by atoms with Gasteiger partial charge in [0.25, 0.3) is 0 Å². The summed E-state index contributed by atoms with van der Waals surface area (Å²) in [6.45, 7) is 3.80. The summed E-state index contributed by atoms with van der Waals surface area (Å²) in [4.78, 5) is 39.3. The Morgan fingerprint density at radius 3 is 2.46 bits per heavy atom. The highest BCUT2D eigenvalue weighted by Crippen LogP contribution is 2.38. The largest absolute Gasteiger partial charge is 0.455 e. The number of esters is 1. The summed E-state index contributed by atoms with van der Waals surface area (Å²) >= 11 is 0. The monoisotopic (exact) mass is 400 g/mol. The molecule has 3 heterocycles. The number of allylic oxidation sites excluding steroid dienone is 2. The smallest absolute Gasteiger partial charge is 0.406 e. The lowest BCUT2D eigenvalue weighted by molar-refractivity contribution is -0.159. The minimum Gasteiger partial charge on any atom is -0.455 e. The molecule has 0 aromatic rings. The van der Waals surface area contributed by atoms with Crippen LogP contribution in [0.5, 0.6) is 0 Å². The number of likely N-dealkylation sites (tertiary alicyclic amines) is 1. The molecule has 3 rings (SSSR count). The van der Waals surface area contributed by atoms with Crippen LogP contribution >= 0.6 is 0 Å². The average molecular weight is 400 g/mol. The highest BCUT2D eigenvalue weighted by Gasteiger charge is 2.45. The van der Waals surface area contributed by atoms with Gasteiger partial charge in [-0.1, -0.05) is 0 Å². The van der Waals surface area contributed by atoms with Crippen molar-refractivity contribution in [1.29, 1.82) is 0 Å². The molecular formula is C19H23F3N2O4. The summed E-state index contributed by atoms with van der Waals surface area (Å²) in [5, 5.41) is 0. The molecular weight excluding hydrogens is 377 g/mol. The van der Waals surface area contributed by atoms with Gasteiger partial charge in [0.1, 0.15) is 17.8 Å². The third-order valence-electron chi connectivity index (χ3n) is 4.86. The first-order valence-corrected chi connectivity index (χ1v) is 9.21. The molecule has 0 spiro atoms. The maximum absolute atomic E-state index is 12.7. The van der Waals surface area contributed by atoms with Crippen LogP contribution in [0.3, 0.4) is 0 Å². The lowest BCUT2D eigenvalue weighted by Gasteiger charge is -2.45. The van der Waals surface area contributed by atoms with E-state index in [1.54, 1.807) is 20.8 Å². The minimum atomic E-state index is -4.46. The van der Waals surface area contributed by atoms with Gasteiger partial charge in [0.2, 0.25) is 11.8 Å². The number of halogens is 3. The van der Waals surface area contributed by atoms with Crippen molar-refractivity contribution in [2.24, 2.45) is 0 Å². The number of β-lactam (4-membered cyclic amide) rings is 1. The van der Waals surface area contributed by atoms with Crippen LogP contribution in [0.25, 0.3) is 0 Å². The van der Waals surface area contributed by atoms with Crippen molar-refractivity contribution in [3.63, 3.8) is 0 Å². The molecule has 2 fully saturated rings. The molecule has 0 aliphatic carbocycles. The number of rotatable bonds is 3. The Kier molecular flexibility index (Phi) is 5.05. The zero-order valence-electron chi connectivity index (χ0n) is 16.1. The summed E-state index contributed by atoms with van der Waals surface area (Å²) in [7, 11) is 0. The Balaban J connectivity index is 1.91. The molecule has 3 aliphatic heterocycles. The summed E-state index contributed by atoms with van der Waals surface area (Å²) in [5.41, 5.74) is 0.0232. The number of nitrogens with zero attached hydrogens (tertiary/aromatic N) is 2. The van der Waals surface area contributed by atoms with Gasteiger partial charge in [0, 0.05) is 24.6 Å². The molecule has 0 saturated carbocycles. The third kappa shape index (κ3) is 4.23. The van der Waals surface area contributed by atoms with Crippen molar-refractivity contribution in [2.75, 3.05) is 13.1 Å². The molecule has 9 heteroatoms. The van der Waals surface area contributed by atoms with Crippen LogP contribution in [-0.2, 0) is 19.1 Å². The van der Waals surface area contributed by atoms with E-state index >= 15 is 0 Å². The van der Waals surface area contributed by atoms with E-state index in [9.17, 15) is 27.6 Å². The fraction of sp³-hybridized carbons (Fsp3) is 0.632. The Morgan fingerprint density at radius 1 is 1.21 bits per heavy atom. The number of carbonyl (C=O) groups is 3. The van der Waals surface area contributed by atoms with Gasteiger partial charge in [-0.15, -0.1) is 0 Å². The standard InChI is InChI=1S/C19H23F3N2O4/c1-18(2,3)28-17(27)15-11(4-5-13-9-14(25)24(13)15)8-12-6-7-23(16(12)26)10-19(20,21)22/h8,13H,4-7,9-10H2,1-3H3. The second-order valence-corrected chi connectivity index (χ2v) is 8.30. The Morgan fingerprint density at radius 2 is 1.89 bits per heavy atom. The van der Waals surface area contributed by atoms with Crippen LogP contribution in [0.1, 0.15) is 46.5 Å². The van der Waals surface area contributed by atoms with Gasteiger partial charge in [-0.05, 0) is 51.7 Å². The Hall–Kier alpha value is -2.32. The normalized spacial score (nSPS) is 24.6. The molecule has 6 nitrogen and oxygen atoms in total. The van der Waals surface area contributed by atoms with E-state index < -0.39 is 30.2 Å². The molecule has 28 heavy (non-hydrogen) atoms. The predicted molar refractivity (Wildman–Crippen MR) is 92.7 cm³/mol. The zero-order valence-corrected chi connectivity index (χ0v) is 16.1. The maximum Gasteiger partial charge on any atom is 0.406 e. The van der Waals surface area contributed by atoms with Gasteiger partial charge in [0.15, 0.2) is 0 Å². The zero-order chi connectivity index (χ0) is 20.9. The summed E-state index contributed by atoms with van der Waals surface area (Å²) in [6.07, 6.45) is -1.38. The van der Waals surface area contributed by atoms with Gasteiger partial charge in [-0.3, -0.25) is 9.59 Å². The van der Waals surface area contributed by atoms with E-state index in [0.29, 0.717) is 24.8 Å². The summed E-state index contributed by atoms with van der Waals surface area (Å²) < 4.78 is 43.2. The highest BCUT2D eigenvalue weighted by atomic mass is 19.4. The molecule has 0 aromatic heterocycles. The van der Waals surface area contributed by atoms with Crippen LogP contribution in [-0.4, -0.2) is 58.5 Å². The molecule has 2 amide bonds. The molecule has 1 atom stereocenters. The first kappa shape index (κ1) is 20.4. The average Bonchev–Trinajstić information content (AvgIpc) is 2.84. The fourth-order valence-electron chi connectivity index (χ4n) is 3.69. The van der Waals surface area contributed by atoms with Crippen LogP contribution in [0.2, 0.25) is 0 Å². The van der Waals surface area contributed by atoms with Crippen LogP contribution < -0.4 is 0 Å². The van der Waals surface area contributed by atoms with Gasteiger partial charge in [-0.2, -0.15) is 13.2 Å².